The van der Waals surface area contributed by atoms with E-state index < -0.39 is 0 Å². The minimum atomic E-state index is 0.601. The van der Waals surface area contributed by atoms with E-state index in [0.717, 1.165) is 42.9 Å². The molecule has 0 aliphatic carbocycles. The Morgan fingerprint density at radius 3 is 2.79 bits per heavy atom. The smallest absolute Gasteiger partial charge is 0.194 e. The number of hydrogen-bond acceptors (Lipinski definition) is 4. The first-order valence-electron chi connectivity index (χ1n) is 10.00. The topological polar surface area (TPSA) is 43.8 Å². The molecule has 0 saturated carbocycles. The average Bonchev–Trinajstić information content (AvgIpc) is 3.19. The summed E-state index contributed by atoms with van der Waals surface area (Å²) in [6.45, 7) is 5.74. The van der Waals surface area contributed by atoms with Crippen LogP contribution in [-0.2, 0) is 6.54 Å². The minimum Gasteiger partial charge on any atom is -0.363 e. The second-order valence-electron chi connectivity index (χ2n) is 7.28. The van der Waals surface area contributed by atoms with Gasteiger partial charge in [0.05, 0.1) is 12.2 Å². The number of nitrogens with zero attached hydrogens (tertiary/aromatic N) is 4. The molecule has 1 N–H and O–H groups in total. The molecule has 1 aromatic heterocycles. The molecule has 2 heterocycles. The molecule has 1 saturated heterocycles. The van der Waals surface area contributed by atoms with E-state index >= 15 is 0 Å². The molecular formula is C22H31N5S. The fraction of sp³-hybridized carbons (Fsp3) is 0.455. The van der Waals surface area contributed by atoms with Gasteiger partial charge in [0.15, 0.2) is 5.96 Å². The van der Waals surface area contributed by atoms with Crippen LogP contribution in [0.5, 0.6) is 0 Å². The van der Waals surface area contributed by atoms with Crippen molar-refractivity contribution in [2.24, 2.45) is 10.9 Å². The molecular weight excluding hydrogens is 366 g/mol. The Morgan fingerprint density at radius 1 is 1.21 bits per heavy atom. The van der Waals surface area contributed by atoms with E-state index in [1.54, 1.807) is 0 Å². The van der Waals surface area contributed by atoms with E-state index in [1.807, 2.05) is 49.0 Å². The lowest BCUT2D eigenvalue weighted by Crippen LogP contribution is -2.40. The fourth-order valence-electron chi connectivity index (χ4n) is 3.28. The summed E-state index contributed by atoms with van der Waals surface area (Å²) in [6.07, 6.45) is 1.22. The van der Waals surface area contributed by atoms with Gasteiger partial charge in [0, 0.05) is 44.4 Å². The van der Waals surface area contributed by atoms with Gasteiger partial charge in [-0.3, -0.25) is 0 Å². The fourth-order valence-corrected chi connectivity index (χ4v) is 4.33. The summed E-state index contributed by atoms with van der Waals surface area (Å²) in [4.78, 5) is 15.3. The van der Waals surface area contributed by atoms with Gasteiger partial charge in [-0.15, -0.1) is 11.8 Å². The zero-order valence-corrected chi connectivity index (χ0v) is 18.0. The van der Waals surface area contributed by atoms with Gasteiger partial charge in [0.25, 0.3) is 0 Å². The molecule has 0 bridgehead atoms. The van der Waals surface area contributed by atoms with E-state index in [2.05, 4.69) is 52.5 Å². The minimum absolute atomic E-state index is 0.601. The highest BCUT2D eigenvalue weighted by molar-refractivity contribution is 7.99. The lowest BCUT2D eigenvalue weighted by molar-refractivity contribution is 0.474. The van der Waals surface area contributed by atoms with Crippen LogP contribution in [0.2, 0.25) is 0 Å². The third kappa shape index (κ3) is 5.89. The van der Waals surface area contributed by atoms with Gasteiger partial charge in [0.1, 0.15) is 5.82 Å². The lowest BCUT2D eigenvalue weighted by Gasteiger charge is -2.21. The molecule has 150 valence electrons. The van der Waals surface area contributed by atoms with Gasteiger partial charge in [-0.25, -0.2) is 9.98 Å². The number of aromatic nitrogens is 1. The van der Waals surface area contributed by atoms with Crippen LogP contribution >= 0.6 is 11.8 Å². The van der Waals surface area contributed by atoms with Crippen molar-refractivity contribution in [1.29, 1.82) is 0 Å². The lowest BCUT2D eigenvalue weighted by atomic mass is 10.2. The molecule has 0 spiro atoms. The number of benzene rings is 1. The Bertz CT molecular complexity index is 763. The molecule has 1 aliphatic rings. The van der Waals surface area contributed by atoms with Crippen LogP contribution in [0.25, 0.3) is 0 Å². The summed E-state index contributed by atoms with van der Waals surface area (Å²) in [6, 6.07) is 16.8. The average molecular weight is 398 g/mol. The summed E-state index contributed by atoms with van der Waals surface area (Å²) in [5.41, 5.74) is 0.997. The van der Waals surface area contributed by atoms with Crippen molar-refractivity contribution >= 4 is 23.5 Å². The Labute approximate surface area is 173 Å². The number of guanidine groups is 1. The van der Waals surface area contributed by atoms with Crippen LogP contribution < -0.4 is 10.2 Å². The number of thioether (sulfide) groups is 1. The van der Waals surface area contributed by atoms with Crippen LogP contribution in [-0.4, -0.2) is 55.3 Å². The number of nitrogens with one attached hydrogen (secondary N) is 1. The first kappa shape index (κ1) is 20.5. The number of pyridine rings is 1. The van der Waals surface area contributed by atoms with Crippen LogP contribution in [0.15, 0.2) is 58.4 Å². The maximum Gasteiger partial charge on any atom is 0.194 e. The van der Waals surface area contributed by atoms with E-state index in [9.17, 15) is 0 Å². The third-order valence-corrected chi connectivity index (χ3v) is 6.03. The van der Waals surface area contributed by atoms with E-state index in [0.29, 0.717) is 12.5 Å². The van der Waals surface area contributed by atoms with E-state index in [-0.39, 0.29) is 0 Å². The third-order valence-electron chi connectivity index (χ3n) is 4.79. The molecule has 2 aromatic rings. The first-order valence-corrected chi connectivity index (χ1v) is 11.0. The molecule has 5 nitrogen and oxygen atoms in total. The van der Waals surface area contributed by atoms with Crippen molar-refractivity contribution in [3.8, 4) is 0 Å². The number of rotatable bonds is 7. The van der Waals surface area contributed by atoms with Crippen molar-refractivity contribution in [3.63, 3.8) is 0 Å². The molecule has 0 radical (unpaired) electrons. The van der Waals surface area contributed by atoms with Gasteiger partial charge in [-0.1, -0.05) is 24.3 Å². The maximum absolute atomic E-state index is 4.86. The monoisotopic (exact) mass is 397 g/mol. The highest BCUT2D eigenvalue weighted by Crippen LogP contribution is 2.26. The highest BCUT2D eigenvalue weighted by atomic mass is 32.2. The van der Waals surface area contributed by atoms with Crippen LogP contribution in [0.4, 0.5) is 5.82 Å². The Morgan fingerprint density at radius 2 is 2.04 bits per heavy atom. The second-order valence-corrected chi connectivity index (χ2v) is 8.37. The summed E-state index contributed by atoms with van der Waals surface area (Å²) < 4.78 is 0. The summed E-state index contributed by atoms with van der Waals surface area (Å²) in [7, 11) is 4.02. The van der Waals surface area contributed by atoms with Crippen molar-refractivity contribution in [3.05, 3.63) is 54.2 Å². The largest absolute Gasteiger partial charge is 0.363 e. The van der Waals surface area contributed by atoms with Crippen molar-refractivity contribution in [2.75, 3.05) is 44.4 Å². The van der Waals surface area contributed by atoms with E-state index in [4.69, 9.17) is 4.99 Å². The predicted molar refractivity (Wildman–Crippen MR) is 120 cm³/mol. The van der Waals surface area contributed by atoms with Crippen molar-refractivity contribution in [1.82, 2.24) is 15.2 Å². The van der Waals surface area contributed by atoms with Gasteiger partial charge >= 0.3 is 0 Å². The van der Waals surface area contributed by atoms with Crippen molar-refractivity contribution in [2.45, 2.75) is 24.8 Å². The molecule has 1 aromatic carbocycles. The number of hydrogen-bond donors (Lipinski definition) is 1. The van der Waals surface area contributed by atoms with Gasteiger partial charge < -0.3 is 15.1 Å². The molecule has 0 amide bonds. The maximum atomic E-state index is 4.86. The predicted octanol–water partition coefficient (Wildman–Crippen LogP) is 3.73. The van der Waals surface area contributed by atoms with Crippen LogP contribution in [0.1, 0.15) is 19.0 Å². The molecule has 1 fully saturated rings. The molecule has 3 rings (SSSR count). The van der Waals surface area contributed by atoms with Crippen molar-refractivity contribution < 1.29 is 0 Å². The van der Waals surface area contributed by atoms with Gasteiger partial charge in [0.2, 0.25) is 0 Å². The zero-order valence-electron chi connectivity index (χ0n) is 17.1. The zero-order chi connectivity index (χ0) is 19.8. The molecule has 1 atom stereocenters. The molecule has 28 heavy (non-hydrogen) atoms. The summed E-state index contributed by atoms with van der Waals surface area (Å²) >= 11 is 1.96. The summed E-state index contributed by atoms with van der Waals surface area (Å²) in [5.74, 6) is 3.83. The SMILES string of the molecule is CCNC(=NCc1cccc(N(C)C)n1)N1CCC(CSc2ccccc2)C1. The molecule has 6 heteroatoms. The first-order chi connectivity index (χ1) is 13.7. The summed E-state index contributed by atoms with van der Waals surface area (Å²) in [5, 5.41) is 3.46. The quantitative estimate of drug-likeness (QED) is 0.438. The Kier molecular flexibility index (Phi) is 7.60. The standard InChI is InChI=1S/C22H31N5S/c1-4-23-22(24-15-19-9-8-12-21(25-19)26(2)3)27-14-13-18(16-27)17-28-20-10-6-5-7-11-20/h5-12,18H,4,13-17H2,1-3H3,(H,23,24). The number of likely N-dealkylation sites (tertiary alicyclic amines) is 1. The van der Waals surface area contributed by atoms with Gasteiger partial charge in [-0.05, 0) is 43.5 Å². The van der Waals surface area contributed by atoms with Crippen LogP contribution in [0, 0.1) is 5.92 Å². The molecule has 1 unspecified atom stereocenters. The number of aliphatic imine (C=N–C) groups is 1. The van der Waals surface area contributed by atoms with Crippen LogP contribution in [0.3, 0.4) is 0 Å². The number of anilines is 1. The Hall–Kier alpha value is -2.21. The Balaban J connectivity index is 1.57. The second kappa shape index (κ2) is 10.4. The van der Waals surface area contributed by atoms with E-state index in [1.165, 1.54) is 11.3 Å². The highest BCUT2D eigenvalue weighted by Gasteiger charge is 2.24. The normalized spacial score (nSPS) is 17.0. The van der Waals surface area contributed by atoms with Gasteiger partial charge in [-0.2, -0.15) is 0 Å². The molecule has 1 aliphatic heterocycles.